The highest BCUT2D eigenvalue weighted by Gasteiger charge is 2.15. The number of hydrogen-bond donors (Lipinski definition) is 2. The van der Waals surface area contributed by atoms with E-state index in [-0.39, 0.29) is 6.61 Å². The lowest BCUT2D eigenvalue weighted by Gasteiger charge is -2.20. The minimum Gasteiger partial charge on any atom is -0.396 e. The molecule has 0 aromatic carbocycles. The van der Waals surface area contributed by atoms with Crippen molar-refractivity contribution in [1.29, 1.82) is 0 Å². The monoisotopic (exact) mass is 156 g/mol. The molecule has 3 nitrogen and oxygen atoms in total. The van der Waals surface area contributed by atoms with Crippen molar-refractivity contribution in [2.24, 2.45) is 5.92 Å². The molecule has 0 aromatic rings. The van der Waals surface area contributed by atoms with Gasteiger partial charge >= 0.3 is 0 Å². The summed E-state index contributed by atoms with van der Waals surface area (Å²) < 4.78 is 0. The molecule has 2 N–H and O–H groups in total. The molecule has 0 saturated carbocycles. The van der Waals surface area contributed by atoms with Crippen LogP contribution >= 0.6 is 0 Å². The van der Waals surface area contributed by atoms with Gasteiger partial charge in [0.05, 0.1) is 5.82 Å². The maximum atomic E-state index is 8.80. The third-order valence-electron chi connectivity index (χ3n) is 1.94. The van der Waals surface area contributed by atoms with E-state index in [1.165, 1.54) is 0 Å². The van der Waals surface area contributed by atoms with Crippen molar-refractivity contribution in [3.63, 3.8) is 0 Å². The number of rotatable bonds is 3. The summed E-state index contributed by atoms with van der Waals surface area (Å²) in [6.45, 7) is 9.05. The van der Waals surface area contributed by atoms with Crippen LogP contribution in [0.2, 0.25) is 0 Å². The smallest absolute Gasteiger partial charge is 0.0940 e. The zero-order chi connectivity index (χ0) is 8.27. The molecule has 0 radical (unpaired) electrons. The maximum absolute atomic E-state index is 8.80. The van der Waals surface area contributed by atoms with Gasteiger partial charge in [0.25, 0.3) is 0 Å². The minimum atomic E-state index is 0.254. The normalized spacial score (nSPS) is 20.2. The average Bonchev–Trinajstić information content (AvgIpc) is 2.37. The predicted octanol–water partition coefficient (Wildman–Crippen LogP) is -0.00880. The Morgan fingerprint density at radius 2 is 2.55 bits per heavy atom. The Morgan fingerprint density at radius 1 is 1.82 bits per heavy atom. The van der Waals surface area contributed by atoms with E-state index in [9.17, 15) is 0 Å². The SMILES string of the molecule is C=C1NCCN1CC(C)CO. The lowest BCUT2D eigenvalue weighted by molar-refractivity contribution is 0.203. The summed E-state index contributed by atoms with van der Waals surface area (Å²) >= 11 is 0. The van der Waals surface area contributed by atoms with Crippen LogP contribution in [-0.2, 0) is 0 Å². The first-order valence-corrected chi connectivity index (χ1v) is 4.02. The largest absolute Gasteiger partial charge is 0.396 e. The van der Waals surface area contributed by atoms with E-state index < -0.39 is 0 Å². The van der Waals surface area contributed by atoms with Gasteiger partial charge in [-0.25, -0.2) is 0 Å². The Hall–Kier alpha value is -0.700. The molecule has 0 spiro atoms. The van der Waals surface area contributed by atoms with Crippen LogP contribution in [0.3, 0.4) is 0 Å². The van der Waals surface area contributed by atoms with Gasteiger partial charge in [0.1, 0.15) is 0 Å². The quantitative estimate of drug-likeness (QED) is 0.603. The van der Waals surface area contributed by atoms with Gasteiger partial charge in [0, 0.05) is 26.2 Å². The molecule has 1 aliphatic rings. The van der Waals surface area contributed by atoms with E-state index in [0.717, 1.165) is 25.5 Å². The van der Waals surface area contributed by atoms with Gasteiger partial charge in [-0.1, -0.05) is 13.5 Å². The molecule has 0 aliphatic carbocycles. The Kier molecular flexibility index (Phi) is 2.76. The molecular weight excluding hydrogens is 140 g/mol. The molecule has 64 valence electrons. The van der Waals surface area contributed by atoms with Crippen molar-refractivity contribution in [3.05, 3.63) is 12.4 Å². The molecule has 1 atom stereocenters. The highest BCUT2D eigenvalue weighted by molar-refractivity contribution is 4.97. The second-order valence-corrected chi connectivity index (χ2v) is 3.11. The molecule has 1 rings (SSSR count). The Bertz CT molecular complexity index is 147. The Balaban J connectivity index is 2.30. The average molecular weight is 156 g/mol. The van der Waals surface area contributed by atoms with Crippen LogP contribution in [0.5, 0.6) is 0 Å². The summed E-state index contributed by atoms with van der Waals surface area (Å²) in [6, 6.07) is 0. The van der Waals surface area contributed by atoms with E-state index in [1.54, 1.807) is 0 Å². The fourth-order valence-electron chi connectivity index (χ4n) is 1.22. The third kappa shape index (κ3) is 2.12. The highest BCUT2D eigenvalue weighted by atomic mass is 16.3. The fourth-order valence-corrected chi connectivity index (χ4v) is 1.22. The molecule has 0 amide bonds. The molecule has 1 heterocycles. The number of hydrogen-bond acceptors (Lipinski definition) is 3. The van der Waals surface area contributed by atoms with Gasteiger partial charge in [0.2, 0.25) is 0 Å². The van der Waals surface area contributed by atoms with Gasteiger partial charge in [-0.15, -0.1) is 0 Å². The van der Waals surface area contributed by atoms with Crippen LogP contribution in [0.15, 0.2) is 12.4 Å². The van der Waals surface area contributed by atoms with E-state index in [1.807, 2.05) is 6.92 Å². The summed E-state index contributed by atoms with van der Waals surface area (Å²) in [5.41, 5.74) is 0. The molecule has 0 aromatic heterocycles. The van der Waals surface area contributed by atoms with Crippen molar-refractivity contribution in [3.8, 4) is 0 Å². The van der Waals surface area contributed by atoms with Crippen molar-refractivity contribution >= 4 is 0 Å². The molecular formula is C8H16N2O. The van der Waals surface area contributed by atoms with Gasteiger partial charge in [-0.2, -0.15) is 0 Å². The summed E-state index contributed by atoms with van der Waals surface area (Å²) in [4.78, 5) is 2.17. The van der Waals surface area contributed by atoms with Crippen LogP contribution in [0.1, 0.15) is 6.92 Å². The number of nitrogens with one attached hydrogen (secondary N) is 1. The van der Waals surface area contributed by atoms with Gasteiger partial charge < -0.3 is 15.3 Å². The van der Waals surface area contributed by atoms with Crippen molar-refractivity contribution in [2.45, 2.75) is 6.92 Å². The first-order valence-electron chi connectivity index (χ1n) is 4.02. The summed E-state index contributed by atoms with van der Waals surface area (Å²) in [7, 11) is 0. The molecule has 1 aliphatic heterocycles. The minimum absolute atomic E-state index is 0.254. The van der Waals surface area contributed by atoms with E-state index in [2.05, 4.69) is 16.8 Å². The molecule has 3 heteroatoms. The fraction of sp³-hybridized carbons (Fsp3) is 0.750. The van der Waals surface area contributed by atoms with Crippen LogP contribution in [0, 0.1) is 5.92 Å². The summed E-state index contributed by atoms with van der Waals surface area (Å²) in [6.07, 6.45) is 0. The summed E-state index contributed by atoms with van der Waals surface area (Å²) in [5, 5.41) is 12.0. The van der Waals surface area contributed by atoms with E-state index in [4.69, 9.17) is 5.11 Å². The standard InChI is InChI=1S/C8H16N2O/c1-7(6-11)5-10-4-3-9-8(10)2/h7,9,11H,2-6H2,1H3. The first kappa shape index (κ1) is 8.40. The summed E-state index contributed by atoms with van der Waals surface area (Å²) in [5.74, 6) is 1.33. The number of nitrogens with zero attached hydrogens (tertiary/aromatic N) is 1. The van der Waals surface area contributed by atoms with Gasteiger partial charge in [-0.3, -0.25) is 0 Å². The van der Waals surface area contributed by atoms with Crippen molar-refractivity contribution in [2.75, 3.05) is 26.2 Å². The number of aliphatic hydroxyl groups is 1. The van der Waals surface area contributed by atoms with Crippen molar-refractivity contribution < 1.29 is 5.11 Å². The van der Waals surface area contributed by atoms with Crippen LogP contribution in [-0.4, -0.2) is 36.2 Å². The molecule has 0 bridgehead atoms. The van der Waals surface area contributed by atoms with Gasteiger partial charge in [-0.05, 0) is 5.92 Å². The highest BCUT2D eigenvalue weighted by Crippen LogP contribution is 2.07. The van der Waals surface area contributed by atoms with Crippen LogP contribution < -0.4 is 5.32 Å². The predicted molar refractivity (Wildman–Crippen MR) is 45.0 cm³/mol. The van der Waals surface area contributed by atoms with Crippen LogP contribution in [0.25, 0.3) is 0 Å². The Labute approximate surface area is 67.7 Å². The molecule has 1 unspecified atom stereocenters. The molecule has 1 fully saturated rings. The second kappa shape index (κ2) is 3.62. The van der Waals surface area contributed by atoms with E-state index in [0.29, 0.717) is 5.92 Å². The van der Waals surface area contributed by atoms with Crippen molar-refractivity contribution in [1.82, 2.24) is 10.2 Å². The Morgan fingerprint density at radius 3 is 3.00 bits per heavy atom. The lowest BCUT2D eigenvalue weighted by atomic mass is 10.2. The van der Waals surface area contributed by atoms with Gasteiger partial charge in [0.15, 0.2) is 0 Å². The topological polar surface area (TPSA) is 35.5 Å². The molecule has 1 saturated heterocycles. The zero-order valence-electron chi connectivity index (χ0n) is 7.01. The van der Waals surface area contributed by atoms with E-state index >= 15 is 0 Å². The zero-order valence-corrected chi connectivity index (χ0v) is 7.01. The maximum Gasteiger partial charge on any atom is 0.0940 e. The first-order chi connectivity index (χ1) is 5.24. The third-order valence-corrected chi connectivity index (χ3v) is 1.94. The number of aliphatic hydroxyl groups excluding tert-OH is 1. The molecule has 11 heavy (non-hydrogen) atoms. The second-order valence-electron chi connectivity index (χ2n) is 3.11. The lowest BCUT2D eigenvalue weighted by Crippen LogP contribution is -2.26. The van der Waals surface area contributed by atoms with Crippen LogP contribution in [0.4, 0.5) is 0 Å².